The van der Waals surface area contributed by atoms with E-state index in [2.05, 4.69) is 4.72 Å². The van der Waals surface area contributed by atoms with Gasteiger partial charge in [0.25, 0.3) is 0 Å². The van der Waals surface area contributed by atoms with Crippen molar-refractivity contribution in [3.8, 4) is 0 Å². The van der Waals surface area contributed by atoms with Crippen molar-refractivity contribution < 1.29 is 31.2 Å². The van der Waals surface area contributed by atoms with Gasteiger partial charge in [-0.2, -0.15) is 4.31 Å². The summed E-state index contributed by atoms with van der Waals surface area (Å²) >= 11 is 0. The molecule has 166 valence electrons. The molecule has 1 heterocycles. The minimum absolute atomic E-state index is 0.0345. The van der Waals surface area contributed by atoms with Crippen molar-refractivity contribution in [2.24, 2.45) is 0 Å². The highest BCUT2D eigenvalue weighted by atomic mass is 32.2. The van der Waals surface area contributed by atoms with Gasteiger partial charge in [0.05, 0.1) is 22.4 Å². The number of anilines is 1. The number of hydrogen-bond acceptors (Lipinski definition) is 7. The number of nitrogens with zero attached hydrogens (tertiary/aromatic N) is 1. The number of sulfonamides is 2. The van der Waals surface area contributed by atoms with E-state index in [0.717, 1.165) is 19.1 Å². The Morgan fingerprint density at radius 1 is 0.968 bits per heavy atom. The summed E-state index contributed by atoms with van der Waals surface area (Å²) in [4.78, 5) is 24.8. The van der Waals surface area contributed by atoms with Crippen molar-refractivity contribution in [2.75, 3.05) is 30.7 Å². The molecule has 2 aromatic carbocycles. The second-order valence-electron chi connectivity index (χ2n) is 7.05. The van der Waals surface area contributed by atoms with Crippen LogP contribution in [0.3, 0.4) is 0 Å². The first-order valence-electron chi connectivity index (χ1n) is 9.45. The molecule has 0 amide bonds. The highest BCUT2D eigenvalue weighted by molar-refractivity contribution is 7.92. The van der Waals surface area contributed by atoms with Crippen molar-refractivity contribution in [1.29, 1.82) is 0 Å². The van der Waals surface area contributed by atoms with Crippen molar-refractivity contribution in [2.45, 2.75) is 17.7 Å². The summed E-state index contributed by atoms with van der Waals surface area (Å²) in [5.41, 5.74) is 0.197. The maximum absolute atomic E-state index is 12.5. The van der Waals surface area contributed by atoms with Crippen LogP contribution in [0.1, 0.15) is 33.6 Å². The van der Waals surface area contributed by atoms with Crippen molar-refractivity contribution in [3.05, 3.63) is 59.7 Å². The van der Waals surface area contributed by atoms with Crippen LogP contribution >= 0.6 is 0 Å². The van der Waals surface area contributed by atoms with Crippen LogP contribution in [0.4, 0.5) is 5.69 Å². The summed E-state index contributed by atoms with van der Waals surface area (Å²) in [6.07, 6.45) is 2.60. The molecule has 0 unspecified atom stereocenters. The molecule has 1 fully saturated rings. The lowest BCUT2D eigenvalue weighted by Crippen LogP contribution is -2.27. The third kappa shape index (κ3) is 5.69. The molecule has 1 aliphatic heterocycles. The molecule has 1 saturated heterocycles. The Morgan fingerprint density at radius 2 is 1.58 bits per heavy atom. The summed E-state index contributed by atoms with van der Waals surface area (Å²) in [7, 11) is -7.19. The average Bonchev–Trinajstić information content (AvgIpc) is 3.27. The summed E-state index contributed by atoms with van der Waals surface area (Å²) in [5.74, 6) is -1.39. The minimum atomic E-state index is -3.61. The van der Waals surface area contributed by atoms with Gasteiger partial charge in [-0.3, -0.25) is 9.52 Å². The Balaban J connectivity index is 1.66. The standard InChI is InChI=1S/C20H22N2O7S2/c1-30(25,26)21-18-7-3-2-6-17(18)20(24)29-14-19(23)15-8-10-16(11-9-15)31(27,28)22-12-4-5-13-22/h2-3,6-11,21H,4-5,12-14H2,1H3. The molecule has 11 heteroatoms. The second-order valence-corrected chi connectivity index (χ2v) is 10.7. The molecule has 0 atom stereocenters. The van der Waals surface area contributed by atoms with Gasteiger partial charge >= 0.3 is 5.97 Å². The zero-order chi connectivity index (χ0) is 22.6. The number of nitrogens with one attached hydrogen (secondary N) is 1. The number of carbonyl (C=O) groups excluding carboxylic acids is 2. The molecule has 2 aromatic rings. The number of carbonyl (C=O) groups is 2. The van der Waals surface area contributed by atoms with Gasteiger partial charge < -0.3 is 4.74 Å². The molecule has 0 spiro atoms. The highest BCUT2D eigenvalue weighted by Gasteiger charge is 2.27. The number of para-hydroxylation sites is 1. The van der Waals surface area contributed by atoms with Crippen LogP contribution in [-0.4, -0.2) is 58.8 Å². The molecule has 1 N–H and O–H groups in total. The Kier molecular flexibility index (Phi) is 6.77. The third-order valence-electron chi connectivity index (χ3n) is 4.66. The molecule has 0 saturated carbocycles. The molecule has 0 radical (unpaired) electrons. The van der Waals surface area contributed by atoms with Gasteiger partial charge in [0.1, 0.15) is 0 Å². The molecule has 0 bridgehead atoms. The number of esters is 1. The van der Waals surface area contributed by atoms with E-state index in [4.69, 9.17) is 4.74 Å². The first-order valence-corrected chi connectivity index (χ1v) is 12.8. The first-order chi connectivity index (χ1) is 14.6. The maximum atomic E-state index is 12.5. The topological polar surface area (TPSA) is 127 Å². The summed E-state index contributed by atoms with van der Waals surface area (Å²) < 4.78 is 56.6. The first kappa shape index (κ1) is 22.9. The number of hydrogen-bond donors (Lipinski definition) is 1. The molecular weight excluding hydrogens is 444 g/mol. The number of ether oxygens (including phenoxy) is 1. The van der Waals surface area contributed by atoms with E-state index in [1.165, 1.54) is 46.8 Å². The Hall–Kier alpha value is -2.76. The SMILES string of the molecule is CS(=O)(=O)Nc1ccccc1C(=O)OCC(=O)c1ccc(S(=O)(=O)N2CCCC2)cc1. The summed E-state index contributed by atoms with van der Waals surface area (Å²) in [5, 5.41) is 0. The largest absolute Gasteiger partial charge is 0.454 e. The lowest BCUT2D eigenvalue weighted by molar-refractivity contribution is 0.0476. The Bertz CT molecular complexity index is 1180. The fourth-order valence-electron chi connectivity index (χ4n) is 3.13. The number of benzene rings is 2. The lowest BCUT2D eigenvalue weighted by atomic mass is 10.1. The van der Waals surface area contributed by atoms with Crippen LogP contribution in [0.5, 0.6) is 0 Å². The normalized spacial score (nSPS) is 14.9. The third-order valence-corrected chi connectivity index (χ3v) is 7.16. The minimum Gasteiger partial charge on any atom is -0.454 e. The van der Waals surface area contributed by atoms with Crippen LogP contribution in [-0.2, 0) is 24.8 Å². The van der Waals surface area contributed by atoms with Crippen molar-refractivity contribution in [1.82, 2.24) is 4.31 Å². The lowest BCUT2D eigenvalue weighted by Gasteiger charge is -2.15. The van der Waals surface area contributed by atoms with Gasteiger partial charge in [0, 0.05) is 18.7 Å². The van der Waals surface area contributed by atoms with Crippen LogP contribution in [0, 0.1) is 0 Å². The zero-order valence-electron chi connectivity index (χ0n) is 16.8. The molecule has 31 heavy (non-hydrogen) atoms. The van der Waals surface area contributed by atoms with E-state index in [1.807, 2.05) is 0 Å². The quantitative estimate of drug-likeness (QED) is 0.465. The number of ketones is 1. The zero-order valence-corrected chi connectivity index (χ0v) is 18.4. The van der Waals surface area contributed by atoms with Crippen molar-refractivity contribution >= 4 is 37.5 Å². The van der Waals surface area contributed by atoms with Gasteiger partial charge in [0.2, 0.25) is 20.0 Å². The van der Waals surface area contributed by atoms with E-state index in [9.17, 15) is 26.4 Å². The van der Waals surface area contributed by atoms with E-state index in [-0.39, 0.29) is 21.7 Å². The van der Waals surface area contributed by atoms with Gasteiger partial charge in [-0.05, 0) is 49.2 Å². The molecule has 9 nitrogen and oxygen atoms in total. The van der Waals surface area contributed by atoms with E-state index in [1.54, 1.807) is 6.07 Å². The smallest absolute Gasteiger partial charge is 0.340 e. The predicted molar refractivity (Wildman–Crippen MR) is 114 cm³/mol. The summed E-state index contributed by atoms with van der Waals surface area (Å²) in [6, 6.07) is 11.3. The monoisotopic (exact) mass is 466 g/mol. The van der Waals surface area contributed by atoms with Gasteiger partial charge in [0.15, 0.2) is 12.4 Å². The predicted octanol–water partition coefficient (Wildman–Crippen LogP) is 1.88. The van der Waals surface area contributed by atoms with Crippen LogP contribution in [0.2, 0.25) is 0 Å². The Morgan fingerprint density at radius 3 is 2.19 bits per heavy atom. The Labute approximate surface area is 181 Å². The van der Waals surface area contributed by atoms with E-state index >= 15 is 0 Å². The van der Waals surface area contributed by atoms with Gasteiger partial charge in [-0.15, -0.1) is 0 Å². The maximum Gasteiger partial charge on any atom is 0.340 e. The van der Waals surface area contributed by atoms with Crippen molar-refractivity contribution in [3.63, 3.8) is 0 Å². The van der Waals surface area contributed by atoms with Crippen LogP contribution < -0.4 is 4.72 Å². The number of Topliss-reactive ketones (excluding diaryl/α,β-unsaturated/α-hetero) is 1. The molecule has 3 rings (SSSR count). The number of rotatable bonds is 8. The fraction of sp³-hybridized carbons (Fsp3) is 0.300. The average molecular weight is 467 g/mol. The second kappa shape index (κ2) is 9.16. The van der Waals surface area contributed by atoms with Gasteiger partial charge in [-0.25, -0.2) is 21.6 Å². The fourth-order valence-corrected chi connectivity index (χ4v) is 5.23. The highest BCUT2D eigenvalue weighted by Crippen LogP contribution is 2.21. The summed E-state index contributed by atoms with van der Waals surface area (Å²) in [6.45, 7) is 0.382. The molecule has 0 aliphatic carbocycles. The van der Waals surface area contributed by atoms with Gasteiger partial charge in [-0.1, -0.05) is 12.1 Å². The van der Waals surface area contributed by atoms with E-state index in [0.29, 0.717) is 13.1 Å². The van der Waals surface area contributed by atoms with E-state index < -0.39 is 38.4 Å². The molecule has 0 aromatic heterocycles. The van der Waals surface area contributed by atoms with Crippen LogP contribution in [0.25, 0.3) is 0 Å². The van der Waals surface area contributed by atoms with Crippen LogP contribution in [0.15, 0.2) is 53.4 Å². The molecule has 1 aliphatic rings. The molecular formula is C20H22N2O7S2.